The first kappa shape index (κ1) is 21.5. The lowest BCUT2D eigenvalue weighted by molar-refractivity contribution is -0.125. The van der Waals surface area contributed by atoms with Gasteiger partial charge in [-0.3, -0.25) is 14.6 Å². The van der Waals surface area contributed by atoms with Gasteiger partial charge in [-0.1, -0.05) is 30.3 Å². The van der Waals surface area contributed by atoms with Gasteiger partial charge in [-0.15, -0.1) is 11.3 Å². The quantitative estimate of drug-likeness (QED) is 0.524. The first-order valence-corrected chi connectivity index (χ1v) is 11.7. The van der Waals surface area contributed by atoms with E-state index in [1.54, 1.807) is 0 Å². The molecule has 0 aliphatic carbocycles. The molecule has 3 aromatic rings. The maximum atomic E-state index is 12.7. The standard InChI is InChI=1S/C23H28N4O3S/c1-2-30-13-7-11-24-21(28)17-10-6-12-27(14-17)23-25-19-18(16-8-4-3-5-9-16)15-31-20(19)22(29)26-23/h3-5,8-9,15,17H,2,6-7,10-14H2,1H3,(H,24,28)(H,25,26,29). The van der Waals surface area contributed by atoms with E-state index < -0.39 is 0 Å². The van der Waals surface area contributed by atoms with Crippen LogP contribution in [0.25, 0.3) is 21.3 Å². The Bertz CT molecular complexity index is 1080. The van der Waals surface area contributed by atoms with Crippen molar-refractivity contribution in [1.29, 1.82) is 0 Å². The number of fused-ring (bicyclic) bond motifs is 1. The zero-order chi connectivity index (χ0) is 21.6. The molecule has 0 bridgehead atoms. The summed E-state index contributed by atoms with van der Waals surface area (Å²) >= 11 is 1.41. The van der Waals surface area contributed by atoms with E-state index in [4.69, 9.17) is 9.72 Å². The van der Waals surface area contributed by atoms with Crippen molar-refractivity contribution in [3.05, 3.63) is 46.1 Å². The van der Waals surface area contributed by atoms with Gasteiger partial charge in [0.15, 0.2) is 0 Å². The van der Waals surface area contributed by atoms with Crippen LogP contribution in [0, 0.1) is 5.92 Å². The Morgan fingerprint density at radius 1 is 1.35 bits per heavy atom. The highest BCUT2D eigenvalue weighted by Gasteiger charge is 2.27. The number of carbonyl (C=O) groups excluding carboxylic acids is 1. The Labute approximate surface area is 185 Å². The van der Waals surface area contributed by atoms with Gasteiger partial charge in [-0.05, 0) is 31.7 Å². The minimum atomic E-state index is -0.130. The molecule has 3 heterocycles. The lowest BCUT2D eigenvalue weighted by atomic mass is 9.97. The Morgan fingerprint density at radius 2 is 2.19 bits per heavy atom. The molecule has 1 saturated heterocycles. The number of nitrogens with zero attached hydrogens (tertiary/aromatic N) is 2. The summed E-state index contributed by atoms with van der Waals surface area (Å²) in [5, 5.41) is 5.00. The number of rotatable bonds is 8. The van der Waals surface area contributed by atoms with E-state index in [0.717, 1.165) is 42.5 Å². The third-order valence-corrected chi connectivity index (χ3v) is 6.53. The molecule has 1 fully saturated rings. The second-order valence-corrected chi connectivity index (χ2v) is 8.59. The Kier molecular flexibility index (Phi) is 6.99. The summed E-state index contributed by atoms with van der Waals surface area (Å²) in [5.74, 6) is 0.491. The van der Waals surface area contributed by atoms with Crippen molar-refractivity contribution < 1.29 is 9.53 Å². The fraction of sp³-hybridized carbons (Fsp3) is 0.435. The van der Waals surface area contributed by atoms with Crippen LogP contribution in [0.3, 0.4) is 0 Å². The zero-order valence-corrected chi connectivity index (χ0v) is 18.5. The van der Waals surface area contributed by atoms with Gasteiger partial charge in [-0.2, -0.15) is 0 Å². The van der Waals surface area contributed by atoms with Crippen LogP contribution in [0.15, 0.2) is 40.5 Å². The number of hydrogen-bond acceptors (Lipinski definition) is 6. The first-order valence-electron chi connectivity index (χ1n) is 10.8. The molecule has 2 N–H and O–H groups in total. The van der Waals surface area contributed by atoms with Crippen LogP contribution < -0.4 is 15.8 Å². The molecule has 7 nitrogen and oxygen atoms in total. The molecule has 8 heteroatoms. The number of thiophene rings is 1. The minimum absolute atomic E-state index is 0.0603. The van der Waals surface area contributed by atoms with Crippen molar-refractivity contribution in [3.8, 4) is 11.1 Å². The van der Waals surface area contributed by atoms with Gasteiger partial charge in [0.1, 0.15) is 4.70 Å². The predicted molar refractivity (Wildman–Crippen MR) is 125 cm³/mol. The molecule has 1 amide bonds. The van der Waals surface area contributed by atoms with Crippen molar-refractivity contribution in [1.82, 2.24) is 15.3 Å². The molecule has 0 saturated carbocycles. The summed E-state index contributed by atoms with van der Waals surface area (Å²) in [4.78, 5) is 35.1. The number of aromatic amines is 1. The molecule has 1 aliphatic heterocycles. The largest absolute Gasteiger partial charge is 0.382 e. The summed E-state index contributed by atoms with van der Waals surface area (Å²) in [7, 11) is 0. The van der Waals surface area contributed by atoms with Crippen LogP contribution >= 0.6 is 11.3 Å². The molecule has 1 aromatic carbocycles. The lowest BCUT2D eigenvalue weighted by Gasteiger charge is -2.32. The number of amides is 1. The van der Waals surface area contributed by atoms with E-state index in [-0.39, 0.29) is 17.4 Å². The second-order valence-electron chi connectivity index (χ2n) is 7.71. The van der Waals surface area contributed by atoms with E-state index in [1.165, 1.54) is 11.3 Å². The Hall–Kier alpha value is -2.71. The van der Waals surface area contributed by atoms with E-state index in [9.17, 15) is 9.59 Å². The predicted octanol–water partition coefficient (Wildman–Crippen LogP) is 3.41. The summed E-state index contributed by atoms with van der Waals surface area (Å²) in [6.07, 6.45) is 2.53. The number of anilines is 1. The van der Waals surface area contributed by atoms with Crippen LogP contribution in [-0.4, -0.2) is 48.7 Å². The summed E-state index contributed by atoms with van der Waals surface area (Å²) < 4.78 is 5.94. The fourth-order valence-corrected chi connectivity index (χ4v) is 4.85. The summed E-state index contributed by atoms with van der Waals surface area (Å²) in [6.45, 7) is 5.25. The molecule has 1 aliphatic rings. The summed E-state index contributed by atoms with van der Waals surface area (Å²) in [6, 6.07) is 9.98. The van der Waals surface area contributed by atoms with Crippen LogP contribution in [0.1, 0.15) is 26.2 Å². The zero-order valence-electron chi connectivity index (χ0n) is 17.7. The molecular formula is C23H28N4O3S. The molecule has 0 spiro atoms. The Balaban J connectivity index is 1.50. The smallest absolute Gasteiger partial charge is 0.270 e. The normalized spacial score (nSPS) is 16.5. The number of carbonyl (C=O) groups is 1. The minimum Gasteiger partial charge on any atom is -0.382 e. The van der Waals surface area contributed by atoms with Gasteiger partial charge in [0.25, 0.3) is 5.56 Å². The Morgan fingerprint density at radius 3 is 3.00 bits per heavy atom. The molecular weight excluding hydrogens is 412 g/mol. The SMILES string of the molecule is CCOCCCNC(=O)C1CCCN(c2nc3c(-c4ccccc4)csc3c(=O)[nH]2)C1. The van der Waals surface area contributed by atoms with Crippen LogP contribution in [0.4, 0.5) is 5.95 Å². The van der Waals surface area contributed by atoms with E-state index in [0.29, 0.717) is 37.0 Å². The first-order chi connectivity index (χ1) is 15.2. The highest BCUT2D eigenvalue weighted by atomic mass is 32.1. The van der Waals surface area contributed by atoms with E-state index >= 15 is 0 Å². The van der Waals surface area contributed by atoms with Gasteiger partial charge in [-0.25, -0.2) is 4.98 Å². The molecule has 164 valence electrons. The number of ether oxygens (including phenoxy) is 1. The van der Waals surface area contributed by atoms with Crippen LogP contribution in [0.5, 0.6) is 0 Å². The average molecular weight is 441 g/mol. The third kappa shape index (κ3) is 4.97. The third-order valence-electron chi connectivity index (χ3n) is 5.56. The fourth-order valence-electron chi connectivity index (χ4n) is 3.95. The highest BCUT2D eigenvalue weighted by Crippen LogP contribution is 2.32. The topological polar surface area (TPSA) is 87.3 Å². The molecule has 1 atom stereocenters. The van der Waals surface area contributed by atoms with Crippen molar-refractivity contribution in [2.75, 3.05) is 37.7 Å². The number of hydrogen-bond donors (Lipinski definition) is 2. The maximum absolute atomic E-state index is 12.7. The molecule has 4 rings (SSSR count). The van der Waals surface area contributed by atoms with Gasteiger partial charge in [0, 0.05) is 43.8 Å². The lowest BCUT2D eigenvalue weighted by Crippen LogP contribution is -2.44. The van der Waals surface area contributed by atoms with Crippen molar-refractivity contribution in [2.24, 2.45) is 5.92 Å². The van der Waals surface area contributed by atoms with E-state index in [1.807, 2.05) is 47.5 Å². The monoisotopic (exact) mass is 440 g/mol. The van der Waals surface area contributed by atoms with Crippen LogP contribution in [0.2, 0.25) is 0 Å². The highest BCUT2D eigenvalue weighted by molar-refractivity contribution is 7.17. The number of H-pyrrole nitrogens is 1. The van der Waals surface area contributed by atoms with Crippen molar-refractivity contribution in [2.45, 2.75) is 26.2 Å². The second kappa shape index (κ2) is 10.1. The van der Waals surface area contributed by atoms with Crippen LogP contribution in [-0.2, 0) is 9.53 Å². The van der Waals surface area contributed by atoms with E-state index in [2.05, 4.69) is 10.3 Å². The van der Waals surface area contributed by atoms with Gasteiger partial charge in [0.05, 0.1) is 11.4 Å². The van der Waals surface area contributed by atoms with Gasteiger partial charge in [0.2, 0.25) is 11.9 Å². The van der Waals surface area contributed by atoms with Gasteiger partial charge >= 0.3 is 0 Å². The van der Waals surface area contributed by atoms with Crippen molar-refractivity contribution in [3.63, 3.8) is 0 Å². The summed E-state index contributed by atoms with van der Waals surface area (Å²) in [5.41, 5.74) is 2.60. The molecule has 2 aromatic heterocycles. The number of piperidine rings is 1. The molecule has 1 unspecified atom stereocenters. The number of aromatic nitrogens is 2. The number of benzene rings is 1. The maximum Gasteiger partial charge on any atom is 0.270 e. The van der Waals surface area contributed by atoms with Gasteiger partial charge < -0.3 is 15.0 Å². The molecule has 31 heavy (non-hydrogen) atoms. The number of nitrogens with one attached hydrogen (secondary N) is 2. The van der Waals surface area contributed by atoms with Crippen molar-refractivity contribution >= 4 is 33.4 Å². The average Bonchev–Trinajstić information content (AvgIpc) is 3.24. The molecule has 0 radical (unpaired) electrons.